The van der Waals surface area contributed by atoms with Gasteiger partial charge in [0, 0.05) is 18.4 Å². The summed E-state index contributed by atoms with van der Waals surface area (Å²) in [4.78, 5) is 21.4. The molecule has 0 saturated carbocycles. The molecule has 1 rings (SSSR count). The third-order valence-corrected chi connectivity index (χ3v) is 1.92. The van der Waals surface area contributed by atoms with E-state index in [9.17, 15) is 9.59 Å². The van der Waals surface area contributed by atoms with Gasteiger partial charge >= 0.3 is 5.97 Å². The zero-order valence-electron chi connectivity index (χ0n) is 8.80. The Kier molecular flexibility index (Phi) is 3.60. The molecule has 0 saturated heterocycles. The van der Waals surface area contributed by atoms with E-state index in [1.165, 1.54) is 0 Å². The fourth-order valence-electron chi connectivity index (χ4n) is 1.26. The first kappa shape index (κ1) is 11.4. The standard InChI is InChI=1S/C10H14N2O3/c1-7(2)6-12-8(3-4-11-12)5-9(13)10(14)15/h3-4,7H,5-6H2,1-2H3,(H,14,15). The van der Waals surface area contributed by atoms with Gasteiger partial charge in [-0.3, -0.25) is 9.48 Å². The van der Waals surface area contributed by atoms with E-state index >= 15 is 0 Å². The fraction of sp³-hybridized carbons (Fsp3) is 0.500. The monoisotopic (exact) mass is 210 g/mol. The number of hydrogen-bond donors (Lipinski definition) is 1. The topological polar surface area (TPSA) is 72.2 Å². The van der Waals surface area contributed by atoms with Gasteiger partial charge in [0.15, 0.2) is 0 Å². The highest BCUT2D eigenvalue weighted by Gasteiger charge is 2.15. The number of hydrogen-bond acceptors (Lipinski definition) is 3. The molecule has 0 aliphatic carbocycles. The fourth-order valence-corrected chi connectivity index (χ4v) is 1.26. The van der Waals surface area contributed by atoms with Crippen LogP contribution in [-0.2, 0) is 22.6 Å². The lowest BCUT2D eigenvalue weighted by Crippen LogP contribution is -2.18. The van der Waals surface area contributed by atoms with E-state index < -0.39 is 11.8 Å². The number of rotatable bonds is 5. The highest BCUT2D eigenvalue weighted by molar-refractivity contribution is 6.33. The average molecular weight is 210 g/mol. The normalized spacial score (nSPS) is 10.6. The average Bonchev–Trinajstić information content (AvgIpc) is 2.51. The Morgan fingerprint density at radius 1 is 1.53 bits per heavy atom. The van der Waals surface area contributed by atoms with Crippen LogP contribution in [0.2, 0.25) is 0 Å². The smallest absolute Gasteiger partial charge is 0.372 e. The molecule has 1 aromatic heterocycles. The molecule has 5 nitrogen and oxygen atoms in total. The SMILES string of the molecule is CC(C)Cn1nccc1CC(=O)C(=O)O. The number of carbonyl (C=O) groups excluding carboxylic acids is 1. The molecule has 0 amide bonds. The van der Waals surface area contributed by atoms with Gasteiger partial charge in [-0.15, -0.1) is 0 Å². The molecule has 0 aromatic carbocycles. The minimum Gasteiger partial charge on any atom is -0.475 e. The van der Waals surface area contributed by atoms with Crippen molar-refractivity contribution >= 4 is 11.8 Å². The molecule has 0 radical (unpaired) electrons. The van der Waals surface area contributed by atoms with Crippen molar-refractivity contribution in [3.05, 3.63) is 18.0 Å². The van der Waals surface area contributed by atoms with Gasteiger partial charge < -0.3 is 5.11 Å². The van der Waals surface area contributed by atoms with Crippen LogP contribution in [0, 0.1) is 5.92 Å². The second-order valence-corrected chi connectivity index (χ2v) is 3.80. The molecule has 1 N–H and O–H groups in total. The molecule has 82 valence electrons. The lowest BCUT2D eigenvalue weighted by Gasteiger charge is -2.08. The molecule has 0 bridgehead atoms. The zero-order chi connectivity index (χ0) is 11.4. The summed E-state index contributed by atoms with van der Waals surface area (Å²) < 4.78 is 1.67. The van der Waals surface area contributed by atoms with Crippen molar-refractivity contribution in [3.8, 4) is 0 Å². The van der Waals surface area contributed by atoms with Crippen LogP contribution < -0.4 is 0 Å². The molecule has 1 heterocycles. The molecule has 0 aliphatic rings. The Bertz CT molecular complexity index is 368. The van der Waals surface area contributed by atoms with Crippen LogP contribution in [0.4, 0.5) is 0 Å². The van der Waals surface area contributed by atoms with E-state index in [-0.39, 0.29) is 6.42 Å². The second-order valence-electron chi connectivity index (χ2n) is 3.80. The Labute approximate surface area is 87.7 Å². The molecule has 1 aromatic rings. The van der Waals surface area contributed by atoms with Crippen LogP contribution >= 0.6 is 0 Å². The molecular weight excluding hydrogens is 196 g/mol. The summed E-state index contributed by atoms with van der Waals surface area (Å²) in [6, 6.07) is 1.67. The lowest BCUT2D eigenvalue weighted by molar-refractivity contribution is -0.148. The van der Waals surface area contributed by atoms with Gasteiger partial charge in [0.25, 0.3) is 0 Å². The van der Waals surface area contributed by atoms with Crippen LogP contribution in [0.25, 0.3) is 0 Å². The van der Waals surface area contributed by atoms with Crippen molar-refractivity contribution in [2.45, 2.75) is 26.8 Å². The molecule has 15 heavy (non-hydrogen) atoms. The van der Waals surface area contributed by atoms with Crippen LogP contribution in [0.5, 0.6) is 0 Å². The van der Waals surface area contributed by atoms with E-state index in [1.807, 2.05) is 13.8 Å². The summed E-state index contributed by atoms with van der Waals surface area (Å²) in [6.45, 7) is 4.75. The number of Topliss-reactive ketones (excluding diaryl/α,β-unsaturated/α-hetero) is 1. The van der Waals surface area contributed by atoms with Crippen molar-refractivity contribution < 1.29 is 14.7 Å². The Morgan fingerprint density at radius 2 is 2.20 bits per heavy atom. The maximum Gasteiger partial charge on any atom is 0.372 e. The van der Waals surface area contributed by atoms with Gasteiger partial charge in [0.2, 0.25) is 5.78 Å². The van der Waals surface area contributed by atoms with Crippen LogP contribution in [0.3, 0.4) is 0 Å². The molecule has 0 fully saturated rings. The predicted octanol–water partition coefficient (Wildman–Crippen LogP) is 0.735. The maximum absolute atomic E-state index is 11.0. The third kappa shape index (κ3) is 3.19. The van der Waals surface area contributed by atoms with Crippen LogP contribution in [-0.4, -0.2) is 26.6 Å². The predicted molar refractivity (Wildman–Crippen MR) is 53.4 cm³/mol. The van der Waals surface area contributed by atoms with E-state index in [0.29, 0.717) is 18.2 Å². The number of carboxylic acid groups (broad SMARTS) is 1. The van der Waals surface area contributed by atoms with Gasteiger partial charge in [-0.2, -0.15) is 5.10 Å². The first-order valence-corrected chi connectivity index (χ1v) is 4.77. The summed E-state index contributed by atoms with van der Waals surface area (Å²) in [5, 5.41) is 12.5. The zero-order valence-corrected chi connectivity index (χ0v) is 8.80. The summed E-state index contributed by atoms with van der Waals surface area (Å²) in [5.41, 5.74) is 0.649. The third-order valence-electron chi connectivity index (χ3n) is 1.92. The molecule has 0 aliphatic heterocycles. The van der Waals surface area contributed by atoms with Crippen molar-refractivity contribution in [2.75, 3.05) is 0 Å². The van der Waals surface area contributed by atoms with Crippen molar-refractivity contribution in [2.24, 2.45) is 5.92 Å². The number of aromatic nitrogens is 2. The van der Waals surface area contributed by atoms with Gasteiger partial charge in [-0.1, -0.05) is 13.8 Å². The van der Waals surface area contributed by atoms with Crippen LogP contribution in [0.1, 0.15) is 19.5 Å². The number of aliphatic carboxylic acids is 1. The maximum atomic E-state index is 11.0. The molecule has 0 unspecified atom stereocenters. The Morgan fingerprint density at radius 3 is 2.73 bits per heavy atom. The lowest BCUT2D eigenvalue weighted by atomic mass is 10.2. The summed E-state index contributed by atoms with van der Waals surface area (Å²) in [6.07, 6.45) is 1.48. The molecular formula is C10H14N2O3. The second kappa shape index (κ2) is 4.72. The highest BCUT2D eigenvalue weighted by Crippen LogP contribution is 2.05. The van der Waals surface area contributed by atoms with Crippen molar-refractivity contribution in [3.63, 3.8) is 0 Å². The first-order valence-electron chi connectivity index (χ1n) is 4.77. The molecule has 0 spiro atoms. The molecule has 5 heteroatoms. The molecule has 0 atom stereocenters. The van der Waals surface area contributed by atoms with Gasteiger partial charge in [0.1, 0.15) is 0 Å². The minimum absolute atomic E-state index is 0.0952. The Hall–Kier alpha value is -1.65. The van der Waals surface area contributed by atoms with E-state index in [0.717, 1.165) is 0 Å². The van der Waals surface area contributed by atoms with Crippen LogP contribution in [0.15, 0.2) is 12.3 Å². The van der Waals surface area contributed by atoms with E-state index in [1.54, 1.807) is 16.9 Å². The number of nitrogens with zero attached hydrogens (tertiary/aromatic N) is 2. The number of carboxylic acids is 1. The quantitative estimate of drug-likeness (QED) is 0.727. The van der Waals surface area contributed by atoms with Crippen molar-refractivity contribution in [1.82, 2.24) is 9.78 Å². The Balaban J connectivity index is 2.73. The van der Waals surface area contributed by atoms with Gasteiger partial charge in [-0.25, -0.2) is 4.79 Å². The van der Waals surface area contributed by atoms with E-state index in [2.05, 4.69) is 5.10 Å². The minimum atomic E-state index is -1.40. The van der Waals surface area contributed by atoms with Gasteiger partial charge in [0.05, 0.1) is 6.42 Å². The van der Waals surface area contributed by atoms with E-state index in [4.69, 9.17) is 5.11 Å². The van der Waals surface area contributed by atoms with Crippen molar-refractivity contribution in [1.29, 1.82) is 0 Å². The van der Waals surface area contributed by atoms with Gasteiger partial charge in [-0.05, 0) is 12.0 Å². The summed E-state index contributed by atoms with van der Waals surface area (Å²) in [5.74, 6) is -1.80. The number of carbonyl (C=O) groups is 2. The summed E-state index contributed by atoms with van der Waals surface area (Å²) >= 11 is 0. The largest absolute Gasteiger partial charge is 0.475 e. The summed E-state index contributed by atoms with van der Waals surface area (Å²) in [7, 11) is 0. The number of ketones is 1. The highest BCUT2D eigenvalue weighted by atomic mass is 16.4. The first-order chi connectivity index (χ1) is 7.00.